The van der Waals surface area contributed by atoms with Crippen LogP contribution >= 0.6 is 12.2 Å². The molecular formula is C21H32N8O3S. The first-order valence-electron chi connectivity index (χ1n) is 11.1. The van der Waals surface area contributed by atoms with Crippen molar-refractivity contribution in [2.75, 3.05) is 13.1 Å². The molecule has 2 aromatic rings. The predicted molar refractivity (Wildman–Crippen MR) is 125 cm³/mol. The Hall–Kier alpha value is -3.15. The van der Waals surface area contributed by atoms with Crippen LogP contribution in [0.3, 0.4) is 0 Å². The van der Waals surface area contributed by atoms with Crippen molar-refractivity contribution in [3.05, 3.63) is 23.4 Å². The normalized spacial score (nSPS) is 11.8. The third-order valence-electron chi connectivity index (χ3n) is 4.86. The number of aryl methyl sites for hydroxylation is 1. The minimum absolute atomic E-state index is 0.0974. The number of nitrogens with zero attached hydrogens (tertiary/aromatic N) is 4. The average Bonchev–Trinajstić information content (AvgIpc) is 3.25. The summed E-state index contributed by atoms with van der Waals surface area (Å²) < 4.78 is 2.17. The van der Waals surface area contributed by atoms with Gasteiger partial charge in [0.2, 0.25) is 17.7 Å². The first kappa shape index (κ1) is 26.1. The molecule has 0 saturated heterocycles. The monoisotopic (exact) mass is 476 g/mol. The molecule has 2 aromatic heterocycles. The van der Waals surface area contributed by atoms with Gasteiger partial charge >= 0.3 is 0 Å². The third kappa shape index (κ3) is 9.08. The van der Waals surface area contributed by atoms with Crippen LogP contribution in [-0.2, 0) is 20.9 Å². The zero-order valence-electron chi connectivity index (χ0n) is 19.3. The van der Waals surface area contributed by atoms with Crippen molar-refractivity contribution in [2.45, 2.75) is 59.0 Å². The van der Waals surface area contributed by atoms with Crippen LogP contribution in [0.4, 0.5) is 0 Å². The largest absolute Gasteiger partial charge is 0.355 e. The van der Waals surface area contributed by atoms with Gasteiger partial charge in [0.1, 0.15) is 11.7 Å². The highest BCUT2D eigenvalue weighted by Crippen LogP contribution is 2.13. The van der Waals surface area contributed by atoms with Gasteiger partial charge in [0.15, 0.2) is 4.77 Å². The highest BCUT2D eigenvalue weighted by molar-refractivity contribution is 7.71. The summed E-state index contributed by atoms with van der Waals surface area (Å²) >= 11 is 4.93. The van der Waals surface area contributed by atoms with E-state index in [9.17, 15) is 14.4 Å². The number of amides is 3. The number of aromatic nitrogens is 5. The summed E-state index contributed by atoms with van der Waals surface area (Å²) in [6.07, 6.45) is 7.92. The van der Waals surface area contributed by atoms with Crippen molar-refractivity contribution >= 4 is 29.9 Å². The zero-order chi connectivity index (χ0) is 24.2. The van der Waals surface area contributed by atoms with Gasteiger partial charge in [-0.2, -0.15) is 0 Å². The number of carbonyl (C=O) groups excluding carboxylic acids is 3. The van der Waals surface area contributed by atoms with Crippen LogP contribution < -0.4 is 16.0 Å². The Balaban J connectivity index is 1.69. The number of likely N-dealkylation sites (N-methyl/N-ethyl adjacent to an activating group) is 1. The number of unbranched alkanes of at least 4 members (excludes halogenated alkanes) is 2. The van der Waals surface area contributed by atoms with E-state index in [4.69, 9.17) is 12.2 Å². The summed E-state index contributed by atoms with van der Waals surface area (Å²) in [5.41, 5.74) is 1.51. The van der Waals surface area contributed by atoms with Crippen molar-refractivity contribution in [2.24, 2.45) is 5.92 Å². The van der Waals surface area contributed by atoms with Gasteiger partial charge in [-0.25, -0.2) is 4.98 Å². The van der Waals surface area contributed by atoms with Gasteiger partial charge in [-0.15, -0.1) is 5.10 Å². The molecule has 3 amide bonds. The number of rotatable bonds is 13. The third-order valence-corrected chi connectivity index (χ3v) is 5.08. The Kier molecular flexibility index (Phi) is 10.6. The van der Waals surface area contributed by atoms with Gasteiger partial charge < -0.3 is 20.9 Å². The maximum Gasteiger partial charge on any atom is 0.243 e. The Bertz CT molecular complexity index is 967. The van der Waals surface area contributed by atoms with Crippen LogP contribution in [0.2, 0.25) is 0 Å². The molecule has 0 radical (unpaired) electrons. The van der Waals surface area contributed by atoms with Crippen LogP contribution in [0, 0.1) is 10.7 Å². The van der Waals surface area contributed by atoms with Gasteiger partial charge in [-0.05, 0) is 37.9 Å². The van der Waals surface area contributed by atoms with E-state index in [0.29, 0.717) is 36.4 Å². The Labute approximate surface area is 198 Å². The molecule has 2 rings (SSSR count). The average molecular weight is 477 g/mol. The van der Waals surface area contributed by atoms with E-state index in [1.807, 2.05) is 20.0 Å². The van der Waals surface area contributed by atoms with Crippen LogP contribution in [-0.4, -0.2) is 61.8 Å². The number of hydrogen-bond acceptors (Lipinski definition) is 7. The molecule has 0 aliphatic carbocycles. The molecule has 11 nitrogen and oxygen atoms in total. The van der Waals surface area contributed by atoms with Crippen molar-refractivity contribution in [3.63, 3.8) is 0 Å². The summed E-state index contributed by atoms with van der Waals surface area (Å²) in [4.78, 5) is 43.1. The number of carbonyl (C=O) groups is 3. The summed E-state index contributed by atoms with van der Waals surface area (Å²) in [5.74, 6) is -0.899. The summed E-state index contributed by atoms with van der Waals surface area (Å²) in [6, 6.07) is -0.679. The van der Waals surface area contributed by atoms with Crippen LogP contribution in [0.15, 0.2) is 18.6 Å². The van der Waals surface area contributed by atoms with Crippen LogP contribution in [0.5, 0.6) is 0 Å². The van der Waals surface area contributed by atoms with Gasteiger partial charge in [-0.1, -0.05) is 25.5 Å². The molecular weight excluding hydrogens is 444 g/mol. The fourth-order valence-electron chi connectivity index (χ4n) is 3.08. The minimum Gasteiger partial charge on any atom is -0.355 e. The van der Waals surface area contributed by atoms with E-state index in [0.717, 1.165) is 18.4 Å². The molecule has 12 heteroatoms. The highest BCUT2D eigenvalue weighted by Gasteiger charge is 2.24. The fourth-order valence-corrected chi connectivity index (χ4v) is 3.19. The molecule has 180 valence electrons. The first-order chi connectivity index (χ1) is 15.8. The first-order valence-corrected chi connectivity index (χ1v) is 11.5. The van der Waals surface area contributed by atoms with Crippen LogP contribution in [0.1, 0.15) is 46.5 Å². The molecule has 0 bridgehead atoms. The van der Waals surface area contributed by atoms with Gasteiger partial charge in [-0.3, -0.25) is 19.1 Å². The molecule has 4 N–H and O–H groups in total. The van der Waals surface area contributed by atoms with Crippen molar-refractivity contribution < 1.29 is 14.4 Å². The second kappa shape index (κ2) is 13.4. The second-order valence-corrected chi connectivity index (χ2v) is 8.33. The lowest BCUT2D eigenvalue weighted by Crippen LogP contribution is -2.51. The zero-order valence-corrected chi connectivity index (χ0v) is 20.1. The van der Waals surface area contributed by atoms with Gasteiger partial charge in [0.05, 0.1) is 12.7 Å². The standard InChI is InChI=1S/C21H32N8O3S/c1-4-22-18(31)12-23-20(32)19(14(2)3)26-17(30)8-6-5-7-9-29-13-16(27-28-29)15-10-24-21(33)25-11-15/h10-11,13-14,19H,4-9,12H2,1-3H3,(H,22,31)(H,23,32)(H,26,30)(H,24,25,33). The van der Waals surface area contributed by atoms with Crippen LogP contribution in [0.25, 0.3) is 11.3 Å². The maximum absolute atomic E-state index is 12.4. The topological polar surface area (TPSA) is 147 Å². The fraction of sp³-hybridized carbons (Fsp3) is 0.571. The summed E-state index contributed by atoms with van der Waals surface area (Å²) in [5, 5.41) is 16.2. The SMILES string of the molecule is CCNC(=O)CNC(=O)C(NC(=O)CCCCCn1cc(-c2cnc(=S)[nH]c2)nn1)C(C)C. The molecule has 0 spiro atoms. The summed E-state index contributed by atoms with van der Waals surface area (Å²) in [7, 11) is 0. The van der Waals surface area contributed by atoms with E-state index < -0.39 is 6.04 Å². The lowest BCUT2D eigenvalue weighted by Gasteiger charge is -2.21. The van der Waals surface area contributed by atoms with Gasteiger partial charge in [0.25, 0.3) is 0 Å². The second-order valence-electron chi connectivity index (χ2n) is 7.95. The number of H-pyrrole nitrogens is 1. The molecule has 0 aromatic carbocycles. The number of aromatic amines is 1. The molecule has 33 heavy (non-hydrogen) atoms. The molecule has 0 aliphatic heterocycles. The lowest BCUT2D eigenvalue weighted by atomic mass is 10.0. The quantitative estimate of drug-likeness (QED) is 0.252. The summed E-state index contributed by atoms with van der Waals surface area (Å²) in [6.45, 7) is 6.58. The van der Waals surface area contributed by atoms with Crippen molar-refractivity contribution in [1.29, 1.82) is 0 Å². The van der Waals surface area contributed by atoms with Crippen molar-refractivity contribution in [3.8, 4) is 11.3 Å². The van der Waals surface area contributed by atoms with E-state index >= 15 is 0 Å². The number of hydrogen-bond donors (Lipinski definition) is 4. The van der Waals surface area contributed by atoms with Crippen molar-refractivity contribution in [1.82, 2.24) is 40.9 Å². The number of nitrogens with one attached hydrogen (secondary N) is 4. The Morgan fingerprint density at radius 1 is 1.15 bits per heavy atom. The Morgan fingerprint density at radius 2 is 1.94 bits per heavy atom. The van der Waals surface area contributed by atoms with E-state index in [1.54, 1.807) is 24.0 Å². The maximum atomic E-state index is 12.4. The molecule has 2 heterocycles. The lowest BCUT2D eigenvalue weighted by molar-refractivity contribution is -0.131. The predicted octanol–water partition coefficient (Wildman–Crippen LogP) is 1.35. The molecule has 1 unspecified atom stereocenters. The smallest absolute Gasteiger partial charge is 0.243 e. The molecule has 1 atom stereocenters. The van der Waals surface area contributed by atoms with E-state index in [2.05, 4.69) is 36.2 Å². The Morgan fingerprint density at radius 3 is 2.61 bits per heavy atom. The van der Waals surface area contributed by atoms with E-state index in [-0.39, 0.29) is 30.2 Å². The highest BCUT2D eigenvalue weighted by atomic mass is 32.1. The van der Waals surface area contributed by atoms with Gasteiger partial charge in [0, 0.05) is 37.5 Å². The van der Waals surface area contributed by atoms with E-state index in [1.165, 1.54) is 0 Å². The molecule has 0 fully saturated rings. The minimum atomic E-state index is -0.679. The molecule has 0 aliphatic rings. The molecule has 0 saturated carbocycles.